The van der Waals surface area contributed by atoms with E-state index in [9.17, 15) is 9.59 Å². The summed E-state index contributed by atoms with van der Waals surface area (Å²) in [6, 6.07) is 27.9. The molecule has 1 saturated heterocycles. The van der Waals surface area contributed by atoms with Gasteiger partial charge in [-0.3, -0.25) is 0 Å². The SMILES string of the molecule is CN1C(=O)N(C(=O)NCc2ccccc2)[C@H](c2ccccc2)[C@H]1c1ccccc1. The number of hydrogen-bond acceptors (Lipinski definition) is 2. The smallest absolute Gasteiger partial charge is 0.329 e. The first-order chi connectivity index (χ1) is 14.2. The van der Waals surface area contributed by atoms with Crippen LogP contribution in [0.5, 0.6) is 0 Å². The van der Waals surface area contributed by atoms with E-state index in [1.807, 2.05) is 91.0 Å². The summed E-state index contributed by atoms with van der Waals surface area (Å²) in [6.45, 7) is 0.366. The van der Waals surface area contributed by atoms with E-state index in [4.69, 9.17) is 0 Å². The molecule has 1 aliphatic rings. The molecule has 1 aliphatic heterocycles. The summed E-state index contributed by atoms with van der Waals surface area (Å²) in [7, 11) is 1.75. The molecular formula is C24H23N3O2. The highest BCUT2D eigenvalue weighted by molar-refractivity contribution is 5.96. The molecule has 1 fully saturated rings. The molecule has 0 aliphatic carbocycles. The van der Waals surface area contributed by atoms with E-state index in [-0.39, 0.29) is 12.1 Å². The second-order valence-corrected chi connectivity index (χ2v) is 7.12. The first-order valence-corrected chi connectivity index (χ1v) is 9.64. The van der Waals surface area contributed by atoms with Crippen LogP contribution in [0.3, 0.4) is 0 Å². The Morgan fingerprint density at radius 1 is 0.793 bits per heavy atom. The molecule has 4 amide bonds. The molecular weight excluding hydrogens is 362 g/mol. The predicted molar refractivity (Wildman–Crippen MR) is 112 cm³/mol. The average Bonchev–Trinajstić information content (AvgIpc) is 3.05. The molecule has 5 heteroatoms. The summed E-state index contributed by atoms with van der Waals surface area (Å²) >= 11 is 0. The molecule has 146 valence electrons. The number of amides is 4. The van der Waals surface area contributed by atoms with Gasteiger partial charge in [-0.2, -0.15) is 0 Å². The molecule has 4 rings (SSSR count). The number of nitrogens with one attached hydrogen (secondary N) is 1. The number of hydrogen-bond donors (Lipinski definition) is 1. The molecule has 0 saturated carbocycles. The van der Waals surface area contributed by atoms with Crippen molar-refractivity contribution >= 4 is 12.1 Å². The van der Waals surface area contributed by atoms with Gasteiger partial charge in [0.2, 0.25) is 0 Å². The zero-order chi connectivity index (χ0) is 20.2. The number of rotatable bonds is 4. The van der Waals surface area contributed by atoms with Crippen LogP contribution in [0.2, 0.25) is 0 Å². The molecule has 2 atom stereocenters. The van der Waals surface area contributed by atoms with E-state index >= 15 is 0 Å². The van der Waals surface area contributed by atoms with Crippen LogP contribution < -0.4 is 5.32 Å². The van der Waals surface area contributed by atoms with Crippen molar-refractivity contribution in [1.29, 1.82) is 0 Å². The lowest BCUT2D eigenvalue weighted by atomic mass is 9.93. The van der Waals surface area contributed by atoms with Crippen LogP contribution in [-0.4, -0.2) is 28.9 Å². The lowest BCUT2D eigenvalue weighted by molar-refractivity contribution is 0.181. The lowest BCUT2D eigenvalue weighted by Gasteiger charge is -2.27. The van der Waals surface area contributed by atoms with Crippen molar-refractivity contribution in [2.75, 3.05) is 7.05 Å². The number of carbonyl (C=O) groups is 2. The monoisotopic (exact) mass is 385 g/mol. The molecule has 29 heavy (non-hydrogen) atoms. The van der Waals surface area contributed by atoms with Gasteiger partial charge in [0.1, 0.15) is 0 Å². The Morgan fingerprint density at radius 3 is 1.83 bits per heavy atom. The number of imide groups is 1. The van der Waals surface area contributed by atoms with Crippen LogP contribution in [0, 0.1) is 0 Å². The third kappa shape index (κ3) is 3.72. The van der Waals surface area contributed by atoms with Gasteiger partial charge in [-0.25, -0.2) is 14.5 Å². The molecule has 3 aromatic rings. The van der Waals surface area contributed by atoms with Crippen LogP contribution >= 0.6 is 0 Å². The Hall–Kier alpha value is -3.60. The summed E-state index contributed by atoms with van der Waals surface area (Å²) < 4.78 is 0. The predicted octanol–water partition coefficient (Wildman–Crippen LogP) is 4.75. The van der Waals surface area contributed by atoms with Gasteiger partial charge < -0.3 is 10.2 Å². The molecule has 0 aromatic heterocycles. The highest BCUT2D eigenvalue weighted by atomic mass is 16.2. The van der Waals surface area contributed by atoms with Crippen molar-refractivity contribution in [3.63, 3.8) is 0 Å². The standard InChI is InChI=1S/C24H23N3O2/c1-26-21(19-13-7-3-8-14-19)22(20-15-9-4-10-16-20)27(24(26)29)23(28)25-17-18-11-5-2-6-12-18/h2-16,21-22H,17H2,1H3,(H,25,28)/t21-,22-/m1/s1. The second kappa shape index (κ2) is 8.19. The Labute approximate surface area is 170 Å². The number of benzene rings is 3. The largest absolute Gasteiger partial charge is 0.333 e. The van der Waals surface area contributed by atoms with Crippen LogP contribution in [0.1, 0.15) is 28.8 Å². The van der Waals surface area contributed by atoms with Crippen molar-refractivity contribution in [3.8, 4) is 0 Å². The van der Waals surface area contributed by atoms with Gasteiger partial charge in [0.05, 0.1) is 12.1 Å². The van der Waals surface area contributed by atoms with Gasteiger partial charge in [-0.05, 0) is 16.7 Å². The van der Waals surface area contributed by atoms with Gasteiger partial charge >= 0.3 is 12.1 Å². The molecule has 0 radical (unpaired) electrons. The van der Waals surface area contributed by atoms with Crippen LogP contribution in [0.15, 0.2) is 91.0 Å². The minimum absolute atomic E-state index is 0.256. The highest BCUT2D eigenvalue weighted by Gasteiger charge is 2.48. The molecule has 0 unspecified atom stereocenters. The summed E-state index contributed by atoms with van der Waals surface area (Å²) in [5, 5.41) is 2.90. The topological polar surface area (TPSA) is 52.7 Å². The van der Waals surface area contributed by atoms with Gasteiger partial charge in [-0.15, -0.1) is 0 Å². The van der Waals surface area contributed by atoms with Gasteiger partial charge in [0.25, 0.3) is 0 Å². The number of likely N-dealkylation sites (N-methyl/N-ethyl adjacent to an activating group) is 1. The van der Waals surface area contributed by atoms with Crippen molar-refractivity contribution in [2.24, 2.45) is 0 Å². The van der Waals surface area contributed by atoms with Crippen molar-refractivity contribution in [2.45, 2.75) is 18.6 Å². The molecule has 0 bridgehead atoms. The van der Waals surface area contributed by atoms with Crippen molar-refractivity contribution < 1.29 is 9.59 Å². The molecule has 0 spiro atoms. The quantitative estimate of drug-likeness (QED) is 0.705. The summed E-state index contributed by atoms with van der Waals surface area (Å²) in [5.74, 6) is 0. The van der Waals surface area contributed by atoms with E-state index in [2.05, 4.69) is 5.32 Å². The maximum atomic E-state index is 13.1. The molecule has 1 heterocycles. The Balaban J connectivity index is 1.67. The van der Waals surface area contributed by atoms with E-state index in [0.717, 1.165) is 16.7 Å². The maximum Gasteiger partial charge on any atom is 0.329 e. The van der Waals surface area contributed by atoms with Gasteiger partial charge in [0.15, 0.2) is 0 Å². The fourth-order valence-corrected chi connectivity index (χ4v) is 3.87. The fraction of sp³-hybridized carbons (Fsp3) is 0.167. The second-order valence-electron chi connectivity index (χ2n) is 7.12. The Bertz CT molecular complexity index is 977. The zero-order valence-electron chi connectivity index (χ0n) is 16.2. The number of carbonyl (C=O) groups excluding carboxylic acids is 2. The Kier molecular flexibility index (Phi) is 5.29. The lowest BCUT2D eigenvalue weighted by Crippen LogP contribution is -2.43. The van der Waals surface area contributed by atoms with Crippen molar-refractivity contribution in [3.05, 3.63) is 108 Å². The third-order valence-corrected chi connectivity index (χ3v) is 5.29. The molecule has 3 aromatic carbocycles. The van der Waals surface area contributed by atoms with E-state index in [0.29, 0.717) is 6.54 Å². The van der Waals surface area contributed by atoms with Crippen LogP contribution in [-0.2, 0) is 6.54 Å². The number of urea groups is 2. The first-order valence-electron chi connectivity index (χ1n) is 9.64. The van der Waals surface area contributed by atoms with E-state index < -0.39 is 12.1 Å². The average molecular weight is 385 g/mol. The fourth-order valence-electron chi connectivity index (χ4n) is 3.87. The zero-order valence-corrected chi connectivity index (χ0v) is 16.2. The van der Waals surface area contributed by atoms with Crippen molar-refractivity contribution in [1.82, 2.24) is 15.1 Å². The third-order valence-electron chi connectivity index (χ3n) is 5.29. The summed E-state index contributed by atoms with van der Waals surface area (Å²) in [6.07, 6.45) is 0. The van der Waals surface area contributed by atoms with Crippen LogP contribution in [0.4, 0.5) is 9.59 Å². The maximum absolute atomic E-state index is 13.1. The minimum atomic E-state index is -0.410. The highest BCUT2D eigenvalue weighted by Crippen LogP contribution is 2.44. The molecule has 1 N–H and O–H groups in total. The summed E-state index contributed by atoms with van der Waals surface area (Å²) in [5.41, 5.74) is 2.90. The molecule has 5 nitrogen and oxygen atoms in total. The normalized spacial score (nSPS) is 18.7. The Morgan fingerprint density at radius 2 is 1.28 bits per heavy atom. The van der Waals surface area contributed by atoms with E-state index in [1.165, 1.54) is 4.90 Å². The number of nitrogens with zero attached hydrogens (tertiary/aromatic N) is 2. The van der Waals surface area contributed by atoms with E-state index in [1.54, 1.807) is 11.9 Å². The van der Waals surface area contributed by atoms with Crippen LogP contribution in [0.25, 0.3) is 0 Å². The summed E-state index contributed by atoms with van der Waals surface area (Å²) in [4.78, 5) is 29.2. The minimum Gasteiger partial charge on any atom is -0.333 e. The first kappa shape index (κ1) is 18.7. The van der Waals surface area contributed by atoms with Gasteiger partial charge in [0, 0.05) is 13.6 Å². The van der Waals surface area contributed by atoms with Gasteiger partial charge in [-0.1, -0.05) is 91.0 Å².